The first kappa shape index (κ1) is 18.8. The number of nitrogens with one attached hydrogen (secondary N) is 1. The number of hydrogen-bond donors (Lipinski definition) is 2. The molecular formula is C20H26N6O. The Hall–Kier alpha value is -2.96. The molecule has 0 aliphatic rings. The Morgan fingerprint density at radius 3 is 2.52 bits per heavy atom. The molecule has 0 unspecified atom stereocenters. The quantitative estimate of drug-likeness (QED) is 0.670. The molecular weight excluding hydrogens is 340 g/mol. The maximum atomic E-state index is 11.3. The summed E-state index contributed by atoms with van der Waals surface area (Å²) in [6.07, 6.45) is 6.33. The zero-order valence-corrected chi connectivity index (χ0v) is 16.1. The molecule has 0 spiro atoms. The second-order valence-corrected chi connectivity index (χ2v) is 7.76. The normalized spacial score (nSPS) is 11.7. The fourth-order valence-electron chi connectivity index (χ4n) is 2.96. The van der Waals surface area contributed by atoms with Crippen molar-refractivity contribution in [3.8, 4) is 5.69 Å². The summed E-state index contributed by atoms with van der Waals surface area (Å²) < 4.78 is 1.82. The van der Waals surface area contributed by atoms with Gasteiger partial charge in [-0.25, -0.2) is 9.67 Å². The van der Waals surface area contributed by atoms with Gasteiger partial charge in [-0.2, -0.15) is 10.2 Å². The summed E-state index contributed by atoms with van der Waals surface area (Å²) in [5.74, 6) is 0.860. The van der Waals surface area contributed by atoms with E-state index in [0.29, 0.717) is 5.82 Å². The van der Waals surface area contributed by atoms with E-state index >= 15 is 0 Å². The van der Waals surface area contributed by atoms with Crippen LogP contribution in [0, 0.1) is 0 Å². The summed E-state index contributed by atoms with van der Waals surface area (Å²) in [5, 5.41) is 11.3. The molecule has 0 bridgehead atoms. The molecule has 3 N–H and O–H groups in total. The molecule has 1 aromatic carbocycles. The number of primary amides is 1. The van der Waals surface area contributed by atoms with Crippen molar-refractivity contribution in [1.29, 1.82) is 0 Å². The van der Waals surface area contributed by atoms with Crippen LogP contribution >= 0.6 is 0 Å². The number of nitrogens with zero attached hydrogens (tertiary/aromatic N) is 4. The van der Waals surface area contributed by atoms with Gasteiger partial charge in [0, 0.05) is 12.6 Å². The van der Waals surface area contributed by atoms with Gasteiger partial charge in [0.2, 0.25) is 5.91 Å². The standard InChI is InChI=1S/C20H26N6O/c1-20(2,3)15-7-9-16(10-8-15)26-19(24-18(25-26)11-17(21)27)6-4-5-14-12-22-23-13-14/h7-10,12-13H,4-6,11H2,1-3H3,(H2,21,27)(H,22,23). The summed E-state index contributed by atoms with van der Waals surface area (Å²) >= 11 is 0. The van der Waals surface area contributed by atoms with Gasteiger partial charge >= 0.3 is 0 Å². The van der Waals surface area contributed by atoms with Crippen LogP contribution in [-0.4, -0.2) is 30.9 Å². The molecule has 0 saturated carbocycles. The topological polar surface area (TPSA) is 102 Å². The number of aromatic nitrogens is 5. The number of aryl methyl sites for hydroxylation is 2. The van der Waals surface area contributed by atoms with E-state index in [-0.39, 0.29) is 11.8 Å². The van der Waals surface area contributed by atoms with Crippen molar-refractivity contribution in [2.24, 2.45) is 5.73 Å². The van der Waals surface area contributed by atoms with E-state index in [1.54, 1.807) is 0 Å². The summed E-state index contributed by atoms with van der Waals surface area (Å²) in [4.78, 5) is 15.8. The fraction of sp³-hybridized carbons (Fsp3) is 0.400. The molecule has 1 amide bonds. The van der Waals surface area contributed by atoms with Crippen LogP contribution in [0.25, 0.3) is 5.69 Å². The van der Waals surface area contributed by atoms with Gasteiger partial charge in [0.1, 0.15) is 5.82 Å². The molecule has 7 nitrogen and oxygen atoms in total. The van der Waals surface area contributed by atoms with Gasteiger partial charge < -0.3 is 5.73 Å². The highest BCUT2D eigenvalue weighted by Crippen LogP contribution is 2.23. The van der Waals surface area contributed by atoms with Crippen molar-refractivity contribution in [3.63, 3.8) is 0 Å². The summed E-state index contributed by atoms with van der Waals surface area (Å²) in [6, 6.07) is 8.31. The minimum absolute atomic E-state index is 0.0435. The number of aromatic amines is 1. The van der Waals surface area contributed by atoms with Crippen LogP contribution in [0.5, 0.6) is 0 Å². The molecule has 7 heteroatoms. The first-order chi connectivity index (χ1) is 12.8. The Balaban J connectivity index is 1.83. The molecule has 0 aliphatic heterocycles. The minimum Gasteiger partial charge on any atom is -0.369 e. The van der Waals surface area contributed by atoms with E-state index in [9.17, 15) is 4.79 Å². The van der Waals surface area contributed by atoms with Crippen LogP contribution in [0.3, 0.4) is 0 Å². The Morgan fingerprint density at radius 1 is 1.19 bits per heavy atom. The first-order valence-electron chi connectivity index (χ1n) is 9.14. The first-order valence-corrected chi connectivity index (χ1v) is 9.14. The number of hydrogen-bond acceptors (Lipinski definition) is 4. The number of rotatable bonds is 7. The molecule has 142 valence electrons. The molecule has 0 radical (unpaired) electrons. The molecule has 0 aliphatic carbocycles. The van der Waals surface area contributed by atoms with Gasteiger partial charge in [-0.15, -0.1) is 0 Å². The zero-order valence-electron chi connectivity index (χ0n) is 16.1. The molecule has 0 atom stereocenters. The van der Waals surface area contributed by atoms with Crippen molar-refractivity contribution in [2.45, 2.75) is 51.9 Å². The summed E-state index contributed by atoms with van der Waals surface area (Å²) in [5.41, 5.74) is 8.75. The Bertz CT molecular complexity index is 888. The maximum Gasteiger partial charge on any atom is 0.225 e. The summed E-state index contributed by atoms with van der Waals surface area (Å²) in [6.45, 7) is 6.55. The zero-order chi connectivity index (χ0) is 19.4. The number of carbonyl (C=O) groups is 1. The van der Waals surface area contributed by atoms with Gasteiger partial charge in [-0.1, -0.05) is 32.9 Å². The van der Waals surface area contributed by atoms with Crippen LogP contribution in [0.4, 0.5) is 0 Å². The van der Waals surface area contributed by atoms with Crippen molar-refractivity contribution in [2.75, 3.05) is 0 Å². The maximum absolute atomic E-state index is 11.3. The van der Waals surface area contributed by atoms with Gasteiger partial charge in [0.15, 0.2) is 5.82 Å². The SMILES string of the molecule is CC(C)(C)c1ccc(-n2nc(CC(N)=O)nc2CCCc2cn[nH]c2)cc1. The highest BCUT2D eigenvalue weighted by molar-refractivity contribution is 5.75. The Morgan fingerprint density at radius 2 is 1.93 bits per heavy atom. The minimum atomic E-state index is -0.430. The van der Waals surface area contributed by atoms with Crippen molar-refractivity contribution < 1.29 is 4.79 Å². The van der Waals surface area contributed by atoms with Crippen LogP contribution in [0.2, 0.25) is 0 Å². The molecule has 2 aromatic heterocycles. The number of nitrogens with two attached hydrogens (primary N) is 1. The smallest absolute Gasteiger partial charge is 0.225 e. The van der Waals surface area contributed by atoms with Gasteiger partial charge in [-0.3, -0.25) is 9.89 Å². The number of H-pyrrole nitrogens is 1. The second-order valence-electron chi connectivity index (χ2n) is 7.76. The number of carbonyl (C=O) groups excluding carboxylic acids is 1. The number of amides is 1. The number of benzene rings is 1. The third-order valence-electron chi connectivity index (χ3n) is 4.45. The van der Waals surface area contributed by atoms with Crippen LogP contribution in [0.1, 0.15) is 50.0 Å². The molecule has 2 heterocycles. The highest BCUT2D eigenvalue weighted by Gasteiger charge is 2.16. The van der Waals surface area contributed by atoms with Gasteiger partial charge in [0.05, 0.1) is 18.3 Å². The second kappa shape index (κ2) is 7.73. The van der Waals surface area contributed by atoms with Crippen LogP contribution in [0.15, 0.2) is 36.7 Å². The van der Waals surface area contributed by atoms with E-state index in [4.69, 9.17) is 5.73 Å². The van der Waals surface area contributed by atoms with Crippen molar-refractivity contribution >= 4 is 5.91 Å². The molecule has 27 heavy (non-hydrogen) atoms. The Kier molecular flexibility index (Phi) is 5.39. The van der Waals surface area contributed by atoms with E-state index in [2.05, 4.69) is 53.2 Å². The predicted octanol–water partition coefficient (Wildman–Crippen LogP) is 2.49. The van der Waals surface area contributed by atoms with E-state index in [1.807, 2.05) is 29.2 Å². The largest absolute Gasteiger partial charge is 0.369 e. The van der Waals surface area contributed by atoms with Crippen LogP contribution < -0.4 is 5.73 Å². The monoisotopic (exact) mass is 366 g/mol. The lowest BCUT2D eigenvalue weighted by molar-refractivity contribution is -0.117. The van der Waals surface area contributed by atoms with Gasteiger partial charge in [-0.05, 0) is 41.5 Å². The fourth-order valence-corrected chi connectivity index (χ4v) is 2.96. The summed E-state index contributed by atoms with van der Waals surface area (Å²) in [7, 11) is 0. The van der Waals surface area contributed by atoms with Crippen molar-refractivity contribution in [1.82, 2.24) is 25.0 Å². The van der Waals surface area contributed by atoms with E-state index in [0.717, 1.165) is 36.3 Å². The highest BCUT2D eigenvalue weighted by atomic mass is 16.1. The van der Waals surface area contributed by atoms with E-state index < -0.39 is 5.91 Å². The molecule has 3 aromatic rings. The van der Waals surface area contributed by atoms with E-state index in [1.165, 1.54) is 5.56 Å². The molecule has 0 fully saturated rings. The predicted molar refractivity (Wildman–Crippen MR) is 104 cm³/mol. The Labute approximate surface area is 159 Å². The average Bonchev–Trinajstić information content (AvgIpc) is 3.24. The molecule has 3 rings (SSSR count). The third-order valence-corrected chi connectivity index (χ3v) is 4.45. The third kappa shape index (κ3) is 4.81. The van der Waals surface area contributed by atoms with Crippen LogP contribution in [-0.2, 0) is 29.5 Å². The lowest BCUT2D eigenvalue weighted by Crippen LogP contribution is -2.14. The lowest BCUT2D eigenvalue weighted by Gasteiger charge is -2.19. The van der Waals surface area contributed by atoms with Crippen molar-refractivity contribution in [3.05, 3.63) is 59.4 Å². The molecule has 0 saturated heterocycles. The van der Waals surface area contributed by atoms with Gasteiger partial charge in [0.25, 0.3) is 0 Å². The average molecular weight is 366 g/mol. The lowest BCUT2D eigenvalue weighted by atomic mass is 9.87.